The Balaban J connectivity index is 1.85. The number of nitrogens with zero attached hydrogens (tertiary/aromatic N) is 2. The first-order chi connectivity index (χ1) is 16.4. The molecule has 4 aromatic rings. The van der Waals surface area contributed by atoms with Crippen molar-refractivity contribution in [2.24, 2.45) is 5.73 Å². The normalized spacial score (nSPS) is 10.6. The molecule has 170 valence electrons. The molecule has 8 nitrogen and oxygen atoms in total. The highest BCUT2D eigenvalue weighted by Gasteiger charge is 2.29. The van der Waals surface area contributed by atoms with E-state index >= 15 is 0 Å². The van der Waals surface area contributed by atoms with Crippen LogP contribution in [0.3, 0.4) is 0 Å². The third kappa shape index (κ3) is 4.27. The third-order valence-corrected chi connectivity index (χ3v) is 5.41. The van der Waals surface area contributed by atoms with E-state index in [4.69, 9.17) is 15.2 Å². The van der Waals surface area contributed by atoms with Crippen LogP contribution in [0, 0.1) is 11.3 Å². The van der Waals surface area contributed by atoms with Crippen molar-refractivity contribution in [2.45, 2.75) is 13.2 Å². The summed E-state index contributed by atoms with van der Waals surface area (Å²) in [5.41, 5.74) is 8.17. The Labute approximate surface area is 195 Å². The Morgan fingerprint density at radius 3 is 2.47 bits per heavy atom. The maximum absolute atomic E-state index is 13.3. The molecule has 0 atom stereocenters. The summed E-state index contributed by atoms with van der Waals surface area (Å²) in [7, 11) is 1.47. The highest BCUT2D eigenvalue weighted by Crippen LogP contribution is 2.35. The molecular formula is C26H21N3O5. The number of rotatable bonds is 7. The van der Waals surface area contributed by atoms with Crippen molar-refractivity contribution in [3.63, 3.8) is 0 Å². The van der Waals surface area contributed by atoms with Crippen LogP contribution in [-0.4, -0.2) is 28.7 Å². The number of phenols is 1. The Kier molecular flexibility index (Phi) is 6.19. The number of aromatic nitrogens is 1. The molecule has 1 heterocycles. The van der Waals surface area contributed by atoms with Crippen LogP contribution in [0.4, 0.5) is 0 Å². The average molecular weight is 455 g/mol. The Morgan fingerprint density at radius 2 is 1.79 bits per heavy atom. The molecular weight excluding hydrogens is 434 g/mol. The van der Waals surface area contributed by atoms with Gasteiger partial charge in [0.15, 0.2) is 0 Å². The highest BCUT2D eigenvalue weighted by molar-refractivity contribution is 6.16. The first-order valence-electron chi connectivity index (χ1n) is 10.4. The molecule has 4 rings (SSSR count). The number of amides is 1. The zero-order valence-electron chi connectivity index (χ0n) is 18.3. The van der Waals surface area contributed by atoms with Crippen LogP contribution in [0.15, 0.2) is 66.7 Å². The van der Waals surface area contributed by atoms with Crippen molar-refractivity contribution in [3.05, 3.63) is 94.7 Å². The lowest BCUT2D eigenvalue weighted by atomic mass is 10.1. The molecule has 0 unspecified atom stereocenters. The van der Waals surface area contributed by atoms with E-state index in [2.05, 4.69) is 6.07 Å². The van der Waals surface area contributed by atoms with E-state index in [1.165, 1.54) is 19.2 Å². The Hall–Kier alpha value is -4.77. The van der Waals surface area contributed by atoms with Gasteiger partial charge in [0.05, 0.1) is 35.2 Å². The number of fused-ring (bicyclic) bond motifs is 1. The molecule has 1 amide bonds. The minimum Gasteiger partial charge on any atom is -0.508 e. The average Bonchev–Trinajstić information content (AvgIpc) is 3.18. The van der Waals surface area contributed by atoms with E-state index in [0.717, 1.165) is 5.56 Å². The van der Waals surface area contributed by atoms with Gasteiger partial charge in [-0.3, -0.25) is 4.79 Å². The monoisotopic (exact) mass is 455 g/mol. The number of esters is 1. The van der Waals surface area contributed by atoms with Crippen LogP contribution in [0.25, 0.3) is 10.9 Å². The largest absolute Gasteiger partial charge is 0.508 e. The van der Waals surface area contributed by atoms with E-state index in [9.17, 15) is 20.0 Å². The first kappa shape index (κ1) is 22.4. The van der Waals surface area contributed by atoms with E-state index in [1.54, 1.807) is 53.1 Å². The number of hydrogen-bond donors (Lipinski definition) is 2. The number of phenolic OH excluding ortho intramolecular Hbond substituents is 1. The fourth-order valence-electron chi connectivity index (χ4n) is 3.89. The lowest BCUT2D eigenvalue weighted by molar-refractivity contribution is 0.0458. The molecule has 0 saturated heterocycles. The number of nitriles is 1. The highest BCUT2D eigenvalue weighted by atomic mass is 16.5. The van der Waals surface area contributed by atoms with Crippen molar-refractivity contribution in [1.29, 1.82) is 5.26 Å². The molecule has 0 radical (unpaired) electrons. The van der Waals surface area contributed by atoms with Crippen molar-refractivity contribution in [3.8, 4) is 17.6 Å². The van der Waals surface area contributed by atoms with Gasteiger partial charge in [-0.2, -0.15) is 5.26 Å². The maximum Gasteiger partial charge on any atom is 0.356 e. The lowest BCUT2D eigenvalue weighted by Crippen LogP contribution is -2.20. The second kappa shape index (κ2) is 9.38. The van der Waals surface area contributed by atoms with E-state index < -0.39 is 11.9 Å². The number of ether oxygens (including phenoxy) is 2. The summed E-state index contributed by atoms with van der Waals surface area (Å²) in [6, 6.07) is 20.5. The molecule has 0 saturated carbocycles. The van der Waals surface area contributed by atoms with Gasteiger partial charge in [0.1, 0.15) is 23.8 Å². The van der Waals surface area contributed by atoms with Gasteiger partial charge in [0.2, 0.25) is 0 Å². The predicted molar refractivity (Wildman–Crippen MR) is 124 cm³/mol. The first-order valence-corrected chi connectivity index (χ1v) is 10.4. The molecule has 1 aromatic heterocycles. The molecule has 0 fully saturated rings. The van der Waals surface area contributed by atoms with Crippen molar-refractivity contribution in [1.82, 2.24) is 4.57 Å². The number of hydrogen-bond acceptors (Lipinski definition) is 6. The predicted octanol–water partition coefficient (Wildman–Crippen LogP) is 3.73. The van der Waals surface area contributed by atoms with Crippen molar-refractivity contribution >= 4 is 22.8 Å². The number of aromatic hydroxyl groups is 1. The summed E-state index contributed by atoms with van der Waals surface area (Å²) in [6.45, 7) is 0.121. The topological polar surface area (TPSA) is 128 Å². The van der Waals surface area contributed by atoms with Crippen LogP contribution in [-0.2, 0) is 17.9 Å². The summed E-state index contributed by atoms with van der Waals surface area (Å²) in [5, 5.41) is 19.1. The van der Waals surface area contributed by atoms with Crippen molar-refractivity contribution < 1.29 is 24.2 Å². The standard InChI is InChI=1S/C26H21N3O5/c1-33-21-7-3-6-20-22(21)23(25(28)31)24(26(32)34-15-16-8-10-19(30)11-9-16)29(20)14-18-5-2-4-17(12-18)13-27/h2-12,30H,14-15H2,1H3,(H2,28,31). The number of methoxy groups -OCH3 is 1. The van der Waals surface area contributed by atoms with E-state index in [-0.39, 0.29) is 30.2 Å². The van der Waals surface area contributed by atoms with Gasteiger partial charge < -0.3 is 24.9 Å². The molecule has 3 N–H and O–H groups in total. The fourth-order valence-corrected chi connectivity index (χ4v) is 3.89. The minimum atomic E-state index is -0.796. The molecule has 0 aliphatic carbocycles. The Bertz CT molecular complexity index is 1430. The summed E-state index contributed by atoms with van der Waals surface area (Å²) >= 11 is 0. The zero-order valence-corrected chi connectivity index (χ0v) is 18.3. The molecule has 8 heteroatoms. The molecule has 3 aromatic carbocycles. The van der Waals surface area contributed by atoms with Crippen molar-refractivity contribution in [2.75, 3.05) is 7.11 Å². The van der Waals surface area contributed by atoms with Gasteiger partial charge in [-0.1, -0.05) is 30.3 Å². The second-order valence-electron chi connectivity index (χ2n) is 7.58. The molecule has 0 bridgehead atoms. The van der Waals surface area contributed by atoms with Crippen LogP contribution in [0.1, 0.15) is 37.5 Å². The second-order valence-corrected chi connectivity index (χ2v) is 7.58. The number of carbonyl (C=O) groups is 2. The van der Waals surface area contributed by atoms with Gasteiger partial charge in [0, 0.05) is 6.54 Å². The van der Waals surface area contributed by atoms with Crippen LogP contribution < -0.4 is 10.5 Å². The van der Waals surface area contributed by atoms with Crippen LogP contribution in [0.5, 0.6) is 11.5 Å². The number of benzene rings is 3. The SMILES string of the molecule is COc1cccc2c1c(C(N)=O)c(C(=O)OCc1ccc(O)cc1)n2Cc1cccc(C#N)c1. The number of carbonyl (C=O) groups excluding carboxylic acids is 2. The van der Waals surface area contributed by atoms with E-state index in [1.807, 2.05) is 6.07 Å². The zero-order chi connectivity index (χ0) is 24.2. The van der Waals surface area contributed by atoms with Gasteiger partial charge in [-0.25, -0.2) is 4.79 Å². The third-order valence-electron chi connectivity index (χ3n) is 5.41. The number of primary amides is 1. The number of nitrogens with two attached hydrogens (primary N) is 1. The van der Waals surface area contributed by atoms with Gasteiger partial charge in [0.25, 0.3) is 5.91 Å². The van der Waals surface area contributed by atoms with Gasteiger partial charge in [-0.15, -0.1) is 0 Å². The van der Waals surface area contributed by atoms with Crippen LogP contribution >= 0.6 is 0 Å². The lowest BCUT2D eigenvalue weighted by Gasteiger charge is -2.12. The maximum atomic E-state index is 13.3. The van der Waals surface area contributed by atoms with Gasteiger partial charge >= 0.3 is 5.97 Å². The summed E-state index contributed by atoms with van der Waals surface area (Å²) in [6.07, 6.45) is 0. The quantitative estimate of drug-likeness (QED) is 0.409. The fraction of sp³-hybridized carbons (Fsp3) is 0.115. The Morgan fingerprint density at radius 1 is 1.06 bits per heavy atom. The van der Waals surface area contributed by atoms with E-state index in [0.29, 0.717) is 27.8 Å². The molecule has 0 aliphatic rings. The molecule has 0 spiro atoms. The summed E-state index contributed by atoms with van der Waals surface area (Å²) in [4.78, 5) is 25.9. The smallest absolute Gasteiger partial charge is 0.356 e. The molecule has 0 aliphatic heterocycles. The van der Waals surface area contributed by atoms with Gasteiger partial charge in [-0.05, 0) is 47.5 Å². The summed E-state index contributed by atoms with van der Waals surface area (Å²) < 4.78 is 12.6. The minimum absolute atomic E-state index is 0.000376. The van der Waals surface area contributed by atoms with Crippen LogP contribution in [0.2, 0.25) is 0 Å². The summed E-state index contributed by atoms with van der Waals surface area (Å²) in [5.74, 6) is -1.05. The molecule has 34 heavy (non-hydrogen) atoms.